The number of urea groups is 1. The molecule has 5 nitrogen and oxygen atoms in total. The summed E-state index contributed by atoms with van der Waals surface area (Å²) < 4.78 is 6.21. The lowest BCUT2D eigenvalue weighted by Crippen LogP contribution is -2.40. The van der Waals surface area contributed by atoms with Crippen molar-refractivity contribution < 1.29 is 14.6 Å². The van der Waals surface area contributed by atoms with E-state index in [-0.39, 0.29) is 18.7 Å². The number of aryl methyl sites for hydroxylation is 1. The molecule has 0 aromatic heterocycles. The van der Waals surface area contributed by atoms with Crippen molar-refractivity contribution in [1.82, 2.24) is 4.90 Å². The summed E-state index contributed by atoms with van der Waals surface area (Å²) in [5, 5.41) is 12.2. The standard InChI is InChI=1S/C14H19BrN2O3/c1-9-6-10(15)7-12(20-2)13(9)16-14(19)17-5-3-4-11(17)8-18/h6-7,11,18H,3-5,8H2,1-2H3,(H,16,19)/t11-/m1/s1. The average Bonchev–Trinajstić information content (AvgIpc) is 2.89. The van der Waals surface area contributed by atoms with E-state index in [1.54, 1.807) is 12.0 Å². The SMILES string of the molecule is COc1cc(Br)cc(C)c1NC(=O)N1CCC[C@@H]1CO. The second-order valence-electron chi connectivity index (χ2n) is 4.90. The zero-order chi connectivity index (χ0) is 14.7. The van der Waals surface area contributed by atoms with Crippen molar-refractivity contribution in [3.8, 4) is 5.75 Å². The second kappa shape index (κ2) is 6.45. The fourth-order valence-corrected chi connectivity index (χ4v) is 3.06. The molecule has 1 aliphatic rings. The molecule has 0 bridgehead atoms. The van der Waals surface area contributed by atoms with E-state index in [1.807, 2.05) is 19.1 Å². The van der Waals surface area contributed by atoms with Gasteiger partial charge in [0.2, 0.25) is 0 Å². The van der Waals surface area contributed by atoms with Gasteiger partial charge in [-0.3, -0.25) is 0 Å². The second-order valence-corrected chi connectivity index (χ2v) is 5.82. The van der Waals surface area contributed by atoms with Crippen LogP contribution >= 0.6 is 15.9 Å². The summed E-state index contributed by atoms with van der Waals surface area (Å²) in [4.78, 5) is 14.0. The van der Waals surface area contributed by atoms with Gasteiger partial charge in [-0.2, -0.15) is 0 Å². The number of likely N-dealkylation sites (tertiary alicyclic amines) is 1. The third kappa shape index (κ3) is 3.07. The first-order valence-electron chi connectivity index (χ1n) is 6.59. The normalized spacial score (nSPS) is 18.2. The summed E-state index contributed by atoms with van der Waals surface area (Å²) in [5.74, 6) is 0.616. The topological polar surface area (TPSA) is 61.8 Å². The van der Waals surface area contributed by atoms with Crippen LogP contribution in [0, 0.1) is 6.92 Å². The van der Waals surface area contributed by atoms with Crippen LogP contribution in [0.15, 0.2) is 16.6 Å². The first-order chi connectivity index (χ1) is 9.56. The van der Waals surface area contributed by atoms with Gasteiger partial charge >= 0.3 is 6.03 Å². The monoisotopic (exact) mass is 342 g/mol. The minimum Gasteiger partial charge on any atom is -0.495 e. The molecule has 0 radical (unpaired) electrons. The van der Waals surface area contributed by atoms with Crippen LogP contribution in [0.1, 0.15) is 18.4 Å². The van der Waals surface area contributed by atoms with E-state index in [0.717, 1.165) is 22.9 Å². The lowest BCUT2D eigenvalue weighted by atomic mass is 10.2. The number of aliphatic hydroxyl groups is 1. The number of aliphatic hydroxyl groups excluding tert-OH is 1. The molecule has 110 valence electrons. The van der Waals surface area contributed by atoms with Crippen molar-refractivity contribution in [2.24, 2.45) is 0 Å². The number of benzene rings is 1. The van der Waals surface area contributed by atoms with Gasteiger partial charge in [-0.05, 0) is 37.5 Å². The number of hydrogen-bond donors (Lipinski definition) is 2. The molecular formula is C14H19BrN2O3. The number of carbonyl (C=O) groups excluding carboxylic acids is 1. The molecule has 1 saturated heterocycles. The maximum atomic E-state index is 12.3. The number of anilines is 1. The Kier molecular flexibility index (Phi) is 4.88. The van der Waals surface area contributed by atoms with E-state index in [1.165, 1.54) is 0 Å². The minimum atomic E-state index is -0.190. The molecule has 2 N–H and O–H groups in total. The number of methoxy groups -OCH3 is 1. The van der Waals surface area contributed by atoms with Crippen LogP contribution in [0.4, 0.5) is 10.5 Å². The van der Waals surface area contributed by atoms with Crippen LogP contribution in [0.2, 0.25) is 0 Å². The summed E-state index contributed by atoms with van der Waals surface area (Å²) in [6, 6.07) is 3.46. The highest BCUT2D eigenvalue weighted by Gasteiger charge is 2.28. The Morgan fingerprint density at radius 1 is 1.60 bits per heavy atom. The van der Waals surface area contributed by atoms with Gasteiger partial charge in [0.25, 0.3) is 0 Å². The molecule has 1 aromatic carbocycles. The maximum absolute atomic E-state index is 12.3. The van der Waals surface area contributed by atoms with Gasteiger partial charge in [0.05, 0.1) is 25.4 Å². The maximum Gasteiger partial charge on any atom is 0.322 e. The van der Waals surface area contributed by atoms with Gasteiger partial charge in [-0.25, -0.2) is 4.79 Å². The van der Waals surface area contributed by atoms with Crippen LogP contribution in [-0.4, -0.2) is 42.3 Å². The molecule has 1 atom stereocenters. The zero-order valence-corrected chi connectivity index (χ0v) is 13.2. The lowest BCUT2D eigenvalue weighted by molar-refractivity contribution is 0.166. The number of carbonyl (C=O) groups is 1. The number of nitrogens with one attached hydrogen (secondary N) is 1. The van der Waals surface area contributed by atoms with Crippen molar-refractivity contribution in [2.75, 3.05) is 25.6 Å². The fraction of sp³-hybridized carbons (Fsp3) is 0.500. The molecular weight excluding hydrogens is 324 g/mol. The zero-order valence-electron chi connectivity index (χ0n) is 11.6. The predicted molar refractivity (Wildman–Crippen MR) is 81.3 cm³/mol. The van der Waals surface area contributed by atoms with Crippen molar-refractivity contribution in [3.05, 3.63) is 22.2 Å². The van der Waals surface area contributed by atoms with Gasteiger partial charge in [0.15, 0.2) is 0 Å². The molecule has 0 spiro atoms. The Morgan fingerprint density at radius 3 is 3.00 bits per heavy atom. The molecule has 1 aliphatic heterocycles. The molecule has 1 heterocycles. The number of ether oxygens (including phenoxy) is 1. The largest absolute Gasteiger partial charge is 0.495 e. The number of nitrogens with zero attached hydrogens (tertiary/aromatic N) is 1. The van der Waals surface area contributed by atoms with E-state index in [4.69, 9.17) is 4.74 Å². The summed E-state index contributed by atoms with van der Waals surface area (Å²) in [7, 11) is 1.57. The predicted octanol–water partition coefficient (Wildman–Crippen LogP) is 2.75. The molecule has 1 aromatic rings. The van der Waals surface area contributed by atoms with Crippen molar-refractivity contribution in [1.29, 1.82) is 0 Å². The first kappa shape index (κ1) is 15.1. The molecule has 0 saturated carbocycles. The van der Waals surface area contributed by atoms with Crippen LogP contribution in [0.5, 0.6) is 5.75 Å². The van der Waals surface area contributed by atoms with Crippen LogP contribution in [0.3, 0.4) is 0 Å². The lowest BCUT2D eigenvalue weighted by Gasteiger charge is -2.24. The van der Waals surface area contributed by atoms with E-state index < -0.39 is 0 Å². The molecule has 20 heavy (non-hydrogen) atoms. The molecule has 0 unspecified atom stereocenters. The number of rotatable bonds is 3. The fourth-order valence-electron chi connectivity index (χ4n) is 2.51. The Labute approximate surface area is 127 Å². The molecule has 6 heteroatoms. The van der Waals surface area contributed by atoms with Crippen molar-refractivity contribution >= 4 is 27.6 Å². The summed E-state index contributed by atoms with van der Waals surface area (Å²) in [6.45, 7) is 2.59. The molecule has 0 aliphatic carbocycles. The van der Waals surface area contributed by atoms with Gasteiger partial charge in [0, 0.05) is 11.0 Å². The van der Waals surface area contributed by atoms with Gasteiger partial charge in [-0.1, -0.05) is 15.9 Å². The average molecular weight is 343 g/mol. The molecule has 2 amide bonds. The van der Waals surface area contributed by atoms with Crippen LogP contribution < -0.4 is 10.1 Å². The van der Waals surface area contributed by atoms with E-state index >= 15 is 0 Å². The highest BCUT2D eigenvalue weighted by molar-refractivity contribution is 9.10. The highest BCUT2D eigenvalue weighted by Crippen LogP contribution is 2.32. The van der Waals surface area contributed by atoms with Crippen molar-refractivity contribution in [3.63, 3.8) is 0 Å². The number of amides is 2. The van der Waals surface area contributed by atoms with Gasteiger partial charge in [0.1, 0.15) is 5.75 Å². The summed E-state index contributed by atoms with van der Waals surface area (Å²) in [6.07, 6.45) is 1.77. The third-order valence-electron chi connectivity index (χ3n) is 3.56. The Hall–Kier alpha value is -1.27. The quantitative estimate of drug-likeness (QED) is 0.887. The Morgan fingerprint density at radius 2 is 2.35 bits per heavy atom. The van der Waals surface area contributed by atoms with Gasteiger partial charge < -0.3 is 20.1 Å². The van der Waals surface area contributed by atoms with Crippen LogP contribution in [0.25, 0.3) is 0 Å². The number of hydrogen-bond acceptors (Lipinski definition) is 3. The van der Waals surface area contributed by atoms with E-state index in [2.05, 4.69) is 21.2 Å². The third-order valence-corrected chi connectivity index (χ3v) is 4.02. The molecule has 1 fully saturated rings. The molecule has 2 rings (SSSR count). The van der Waals surface area contributed by atoms with Crippen molar-refractivity contribution in [2.45, 2.75) is 25.8 Å². The van der Waals surface area contributed by atoms with E-state index in [9.17, 15) is 9.90 Å². The highest BCUT2D eigenvalue weighted by atomic mass is 79.9. The minimum absolute atomic E-state index is 0.00384. The van der Waals surface area contributed by atoms with Gasteiger partial charge in [-0.15, -0.1) is 0 Å². The summed E-state index contributed by atoms with van der Waals surface area (Å²) >= 11 is 3.41. The Bertz CT molecular complexity index is 507. The summed E-state index contributed by atoms with van der Waals surface area (Å²) in [5.41, 5.74) is 1.59. The number of halogens is 1. The Balaban J connectivity index is 2.19. The first-order valence-corrected chi connectivity index (χ1v) is 7.38. The van der Waals surface area contributed by atoms with Crippen LogP contribution in [-0.2, 0) is 0 Å². The smallest absolute Gasteiger partial charge is 0.322 e. The van der Waals surface area contributed by atoms with E-state index in [0.29, 0.717) is 18.0 Å².